The molecule has 0 radical (unpaired) electrons. The molecule has 0 bridgehead atoms. The lowest BCUT2D eigenvalue weighted by Crippen LogP contribution is -2.36. The summed E-state index contributed by atoms with van der Waals surface area (Å²) in [7, 11) is 1.43. The van der Waals surface area contributed by atoms with Crippen LogP contribution in [0, 0.1) is 32.5 Å². The number of hydrogen-bond acceptors (Lipinski definition) is 6. The summed E-state index contributed by atoms with van der Waals surface area (Å²) in [4.78, 5) is 35.5. The molecule has 2 saturated carbocycles. The number of carbonyl (C=O) groups is 3. The van der Waals surface area contributed by atoms with Gasteiger partial charge < -0.3 is 29.5 Å². The highest BCUT2D eigenvalue weighted by molar-refractivity contribution is 5.93. The van der Waals surface area contributed by atoms with Crippen molar-refractivity contribution in [1.82, 2.24) is 0 Å². The minimum atomic E-state index is -1.42. The first-order valence-corrected chi connectivity index (χ1v) is 14.0. The van der Waals surface area contributed by atoms with E-state index in [-0.39, 0.29) is 40.6 Å². The number of aryl methyl sites for hydroxylation is 3. The van der Waals surface area contributed by atoms with Crippen LogP contribution in [-0.4, -0.2) is 52.5 Å². The summed E-state index contributed by atoms with van der Waals surface area (Å²) in [5.41, 5.74) is 3.25. The standard InChI is InChI=1S/C33H33FO9/c1-15-7-23(34)30(33(39)40)28(8-15)42-24-6-5-20(24)21-14-22(31(35)36)26(10-16(21)2)43-25-13-19(25)11-18-9-17(3)29(32(37)38)27(12-18)41-4/h7-10,12,14,19-20,24-25H,5-6,11,13H2,1-4H3,(H,35,36)(H,37,38)(H,39,40). The number of methoxy groups -OCH3 is 1. The highest BCUT2D eigenvalue weighted by atomic mass is 19.1. The Kier molecular flexibility index (Phi) is 8.05. The smallest absolute Gasteiger partial charge is 0.342 e. The largest absolute Gasteiger partial charge is 0.496 e. The predicted octanol–water partition coefficient (Wildman–Crippen LogP) is 6.19. The maximum atomic E-state index is 14.4. The van der Waals surface area contributed by atoms with Crippen LogP contribution in [0.4, 0.5) is 4.39 Å². The van der Waals surface area contributed by atoms with Gasteiger partial charge in [0.15, 0.2) is 0 Å². The van der Waals surface area contributed by atoms with Crippen LogP contribution in [0.3, 0.4) is 0 Å². The molecular formula is C33H33FO9. The third kappa shape index (κ3) is 6.00. The number of carboxylic acids is 3. The molecule has 0 heterocycles. The third-order valence-electron chi connectivity index (χ3n) is 8.33. The van der Waals surface area contributed by atoms with Crippen molar-refractivity contribution >= 4 is 17.9 Å². The topological polar surface area (TPSA) is 140 Å². The summed E-state index contributed by atoms with van der Waals surface area (Å²) in [6.07, 6.45) is 2.03. The average molecular weight is 593 g/mol. The molecule has 4 atom stereocenters. The van der Waals surface area contributed by atoms with Gasteiger partial charge in [-0.3, -0.25) is 0 Å². The number of benzene rings is 3. The Morgan fingerprint density at radius 2 is 1.49 bits per heavy atom. The molecule has 2 aliphatic carbocycles. The molecule has 0 aromatic heterocycles. The van der Waals surface area contributed by atoms with Gasteiger partial charge in [-0.25, -0.2) is 18.8 Å². The number of halogens is 1. The lowest BCUT2D eigenvalue weighted by Gasteiger charge is -2.38. The van der Waals surface area contributed by atoms with E-state index in [1.54, 1.807) is 32.0 Å². The Labute approximate surface area is 247 Å². The van der Waals surface area contributed by atoms with Crippen LogP contribution in [0.1, 0.15) is 84.1 Å². The fraction of sp³-hybridized carbons (Fsp3) is 0.364. The molecule has 0 spiro atoms. The molecule has 0 aliphatic heterocycles. The van der Waals surface area contributed by atoms with Crippen LogP contribution in [0.2, 0.25) is 0 Å². The maximum absolute atomic E-state index is 14.4. The maximum Gasteiger partial charge on any atom is 0.342 e. The molecule has 0 amide bonds. The van der Waals surface area contributed by atoms with E-state index in [4.69, 9.17) is 14.2 Å². The van der Waals surface area contributed by atoms with Crippen LogP contribution < -0.4 is 14.2 Å². The van der Waals surface area contributed by atoms with Gasteiger partial charge in [0.05, 0.1) is 7.11 Å². The number of aromatic carboxylic acids is 3. The fourth-order valence-corrected chi connectivity index (χ4v) is 5.93. The summed E-state index contributed by atoms with van der Waals surface area (Å²) in [5.74, 6) is -4.02. The van der Waals surface area contributed by atoms with Crippen LogP contribution >= 0.6 is 0 Å². The minimum absolute atomic E-state index is 0.0213. The van der Waals surface area contributed by atoms with Crippen molar-refractivity contribution in [3.63, 3.8) is 0 Å². The minimum Gasteiger partial charge on any atom is -0.496 e. The van der Waals surface area contributed by atoms with Crippen molar-refractivity contribution in [2.75, 3.05) is 7.11 Å². The van der Waals surface area contributed by atoms with E-state index in [9.17, 15) is 34.1 Å². The summed E-state index contributed by atoms with van der Waals surface area (Å²) < 4.78 is 31.9. The van der Waals surface area contributed by atoms with Crippen LogP contribution in [0.15, 0.2) is 36.4 Å². The predicted molar refractivity (Wildman–Crippen MR) is 154 cm³/mol. The van der Waals surface area contributed by atoms with Gasteiger partial charge in [0.2, 0.25) is 0 Å². The van der Waals surface area contributed by atoms with Crippen molar-refractivity contribution in [3.8, 4) is 17.2 Å². The van der Waals surface area contributed by atoms with Crippen molar-refractivity contribution in [1.29, 1.82) is 0 Å². The zero-order valence-electron chi connectivity index (χ0n) is 24.3. The molecule has 2 fully saturated rings. The monoisotopic (exact) mass is 592 g/mol. The van der Waals surface area contributed by atoms with Gasteiger partial charge in [0.1, 0.15) is 52.0 Å². The van der Waals surface area contributed by atoms with Crippen LogP contribution in [0.5, 0.6) is 17.2 Å². The second kappa shape index (κ2) is 11.6. The zero-order chi connectivity index (χ0) is 31.2. The molecule has 3 aromatic rings. The summed E-state index contributed by atoms with van der Waals surface area (Å²) >= 11 is 0. The van der Waals surface area contributed by atoms with E-state index in [1.807, 2.05) is 13.0 Å². The molecule has 3 N–H and O–H groups in total. The first kappa shape index (κ1) is 29.9. The SMILES string of the molecule is COc1cc(CC2CC2Oc2cc(C)c(C3CCC3Oc3cc(C)cc(F)c3C(=O)O)cc2C(=O)O)cc(C)c1C(=O)O. The Hall–Kier alpha value is -4.60. The first-order chi connectivity index (χ1) is 20.4. The van der Waals surface area contributed by atoms with E-state index in [2.05, 4.69) is 0 Å². The zero-order valence-corrected chi connectivity index (χ0v) is 24.3. The van der Waals surface area contributed by atoms with E-state index < -0.39 is 35.4 Å². The molecule has 43 heavy (non-hydrogen) atoms. The van der Waals surface area contributed by atoms with Gasteiger partial charge >= 0.3 is 17.9 Å². The third-order valence-corrected chi connectivity index (χ3v) is 8.33. The van der Waals surface area contributed by atoms with E-state index in [0.29, 0.717) is 36.1 Å². The second-order valence-electron chi connectivity index (χ2n) is 11.4. The molecular weight excluding hydrogens is 559 g/mol. The van der Waals surface area contributed by atoms with Gasteiger partial charge in [-0.15, -0.1) is 0 Å². The molecule has 4 unspecified atom stereocenters. The van der Waals surface area contributed by atoms with Gasteiger partial charge in [-0.2, -0.15) is 0 Å². The van der Waals surface area contributed by atoms with Gasteiger partial charge in [0, 0.05) is 11.8 Å². The molecule has 226 valence electrons. The highest BCUT2D eigenvalue weighted by Gasteiger charge is 2.41. The van der Waals surface area contributed by atoms with E-state index >= 15 is 0 Å². The molecule has 0 saturated heterocycles. The Morgan fingerprint density at radius 3 is 2.09 bits per heavy atom. The summed E-state index contributed by atoms with van der Waals surface area (Å²) in [6.45, 7) is 5.24. The lowest BCUT2D eigenvalue weighted by molar-refractivity contribution is 0.0645. The quantitative estimate of drug-likeness (QED) is 0.238. The number of rotatable bonds is 11. The summed E-state index contributed by atoms with van der Waals surface area (Å²) in [6, 6.07) is 9.50. The molecule has 10 heteroatoms. The Morgan fingerprint density at radius 1 is 0.791 bits per heavy atom. The summed E-state index contributed by atoms with van der Waals surface area (Å²) in [5, 5.41) is 29.0. The number of hydrogen-bond donors (Lipinski definition) is 3. The second-order valence-corrected chi connectivity index (χ2v) is 11.4. The van der Waals surface area contributed by atoms with Gasteiger partial charge in [0.25, 0.3) is 0 Å². The fourth-order valence-electron chi connectivity index (χ4n) is 5.93. The van der Waals surface area contributed by atoms with Crippen molar-refractivity contribution in [3.05, 3.63) is 86.7 Å². The van der Waals surface area contributed by atoms with Crippen molar-refractivity contribution in [2.24, 2.45) is 5.92 Å². The average Bonchev–Trinajstić information content (AvgIpc) is 3.62. The number of ether oxygens (including phenoxy) is 3. The van der Waals surface area contributed by atoms with Gasteiger partial charge in [-0.1, -0.05) is 6.07 Å². The van der Waals surface area contributed by atoms with Crippen molar-refractivity contribution < 1.29 is 48.3 Å². The molecule has 2 aliphatic rings. The first-order valence-electron chi connectivity index (χ1n) is 14.0. The molecule has 3 aromatic carbocycles. The van der Waals surface area contributed by atoms with Crippen molar-refractivity contribution in [2.45, 2.75) is 64.6 Å². The van der Waals surface area contributed by atoms with Gasteiger partial charge in [-0.05, 0) is 105 Å². The molecule has 5 rings (SSSR count). The number of carboxylic acid groups (broad SMARTS) is 3. The highest BCUT2D eigenvalue weighted by Crippen LogP contribution is 2.45. The normalized spacial score (nSPS) is 20.6. The molecule has 9 nitrogen and oxygen atoms in total. The van der Waals surface area contributed by atoms with E-state index in [0.717, 1.165) is 29.2 Å². The Balaban J connectivity index is 1.32. The lowest BCUT2D eigenvalue weighted by atomic mass is 9.75. The van der Waals surface area contributed by atoms with Crippen LogP contribution in [0.25, 0.3) is 0 Å². The van der Waals surface area contributed by atoms with E-state index in [1.165, 1.54) is 13.2 Å². The van der Waals surface area contributed by atoms with Crippen LogP contribution in [-0.2, 0) is 6.42 Å². The Bertz CT molecular complexity index is 1630.